The summed E-state index contributed by atoms with van der Waals surface area (Å²) in [6.45, 7) is 51.7. The van der Waals surface area contributed by atoms with Crippen molar-refractivity contribution >= 4 is 88.3 Å². The standard InChI is InChI=1S/C72H80N6/c1-37-25-23-26-38(2)53(37)45-29-41(67(5,6)7)31-47-55-61-64-56(62-63(55)77(59(45)47)65-73-57-49(71(17,18)19)33-43(69(11,12)13)35-51(57)75(62)65)48-32-42(68(8,9)10)30-46(54-39(3)27-24-28-40(54)4)60(48)78(64)66-74-58-50(72(20,21)22)34-44(70(14,15)16)36-52(58)76(61)66/h23-36H,1-22H3. The van der Waals surface area contributed by atoms with E-state index in [1.165, 1.54) is 133 Å². The van der Waals surface area contributed by atoms with Crippen molar-refractivity contribution in [2.75, 3.05) is 0 Å². The molecule has 0 atom stereocenters. The quantitative estimate of drug-likeness (QED) is 0.173. The van der Waals surface area contributed by atoms with Gasteiger partial charge in [0, 0.05) is 32.7 Å². The largest absolute Gasteiger partial charge is 0.276 e. The van der Waals surface area contributed by atoms with Gasteiger partial charge >= 0.3 is 0 Å². The topological polar surface area (TPSA) is 43.4 Å². The van der Waals surface area contributed by atoms with Crippen molar-refractivity contribution in [1.82, 2.24) is 27.6 Å². The summed E-state index contributed by atoms with van der Waals surface area (Å²) in [4.78, 5) is 12.1. The smallest absolute Gasteiger partial charge is 0.220 e. The number of benzene rings is 7. The van der Waals surface area contributed by atoms with Gasteiger partial charge in [0.1, 0.15) is 0 Å². The third-order valence-corrected chi connectivity index (χ3v) is 18.0. The Morgan fingerprint density at radius 3 is 0.910 bits per heavy atom. The fourth-order valence-corrected chi connectivity index (χ4v) is 13.6. The highest BCUT2D eigenvalue weighted by Gasteiger charge is 2.37. The molecule has 0 unspecified atom stereocenters. The first-order valence-electron chi connectivity index (χ1n) is 28.7. The number of nitrogens with zero attached hydrogens (tertiary/aromatic N) is 6. The molecule has 398 valence electrons. The zero-order chi connectivity index (χ0) is 55.9. The molecule has 0 amide bonds. The van der Waals surface area contributed by atoms with Crippen molar-refractivity contribution < 1.29 is 0 Å². The van der Waals surface area contributed by atoms with Gasteiger partial charge in [0.25, 0.3) is 0 Å². The fraction of sp³-hybridized carbons (Fsp3) is 0.389. The van der Waals surface area contributed by atoms with Crippen molar-refractivity contribution in [3.05, 3.63) is 141 Å². The van der Waals surface area contributed by atoms with Gasteiger partial charge in [0.15, 0.2) is 0 Å². The van der Waals surface area contributed by atoms with Crippen LogP contribution in [0, 0.1) is 27.7 Å². The second-order valence-corrected chi connectivity index (χ2v) is 30.0. The van der Waals surface area contributed by atoms with E-state index < -0.39 is 0 Å². The molecule has 6 heteroatoms. The maximum absolute atomic E-state index is 6.04. The van der Waals surface area contributed by atoms with Gasteiger partial charge in [-0.1, -0.05) is 173 Å². The number of hydrogen-bond acceptors (Lipinski definition) is 2. The van der Waals surface area contributed by atoms with Gasteiger partial charge in [-0.15, -0.1) is 0 Å². The van der Waals surface area contributed by atoms with Crippen LogP contribution in [0.4, 0.5) is 0 Å². The number of aryl methyl sites for hydroxylation is 4. The zero-order valence-electron chi connectivity index (χ0n) is 50.8. The molecule has 0 radical (unpaired) electrons. The number of imidazole rings is 4. The van der Waals surface area contributed by atoms with E-state index in [9.17, 15) is 0 Å². The van der Waals surface area contributed by atoms with Crippen LogP contribution in [-0.4, -0.2) is 27.6 Å². The Kier molecular flexibility index (Phi) is 10.0. The average molecular weight is 1030 g/mol. The maximum Gasteiger partial charge on any atom is 0.220 e. The molecule has 0 aliphatic carbocycles. The van der Waals surface area contributed by atoms with Crippen molar-refractivity contribution in [2.24, 2.45) is 0 Å². The van der Waals surface area contributed by atoms with Gasteiger partial charge < -0.3 is 0 Å². The predicted octanol–water partition coefficient (Wildman–Crippen LogP) is 19.6. The molecule has 0 saturated heterocycles. The summed E-state index contributed by atoms with van der Waals surface area (Å²) in [5.74, 6) is 1.91. The highest BCUT2D eigenvalue weighted by atomic mass is 15.2. The Morgan fingerprint density at radius 2 is 0.615 bits per heavy atom. The predicted molar refractivity (Wildman–Crippen MR) is 335 cm³/mol. The molecular weight excluding hydrogens is 949 g/mol. The molecule has 0 spiro atoms. The van der Waals surface area contributed by atoms with Gasteiger partial charge in [-0.3, -0.25) is 17.6 Å². The van der Waals surface area contributed by atoms with Crippen LogP contribution in [0.15, 0.2) is 84.9 Å². The van der Waals surface area contributed by atoms with Crippen molar-refractivity contribution in [3.63, 3.8) is 0 Å². The van der Waals surface area contributed by atoms with Crippen molar-refractivity contribution in [2.45, 2.75) is 185 Å². The molecule has 0 aliphatic rings. The molecule has 13 aromatic rings. The Hall–Kier alpha value is -6.92. The van der Waals surface area contributed by atoms with Crippen LogP contribution in [-0.2, 0) is 32.5 Å². The summed E-state index contributed by atoms with van der Waals surface area (Å²) in [5, 5.41) is 4.99. The monoisotopic (exact) mass is 1030 g/mol. The molecule has 13 rings (SSSR count). The number of fused-ring (bicyclic) bond motifs is 18. The molecule has 78 heavy (non-hydrogen) atoms. The highest BCUT2D eigenvalue weighted by molar-refractivity contribution is 6.38. The Labute approximate surface area is 461 Å². The van der Waals surface area contributed by atoms with Crippen molar-refractivity contribution in [1.29, 1.82) is 0 Å². The van der Waals surface area contributed by atoms with Gasteiger partial charge in [-0.25, -0.2) is 9.97 Å². The summed E-state index contributed by atoms with van der Waals surface area (Å²) in [5.41, 5.74) is 28.7. The summed E-state index contributed by atoms with van der Waals surface area (Å²) in [7, 11) is 0. The molecule has 6 heterocycles. The fourth-order valence-electron chi connectivity index (χ4n) is 13.6. The Bertz CT molecular complexity index is 4400. The first kappa shape index (κ1) is 50.6. The highest BCUT2D eigenvalue weighted by Crippen LogP contribution is 2.54. The van der Waals surface area contributed by atoms with E-state index in [0.717, 1.165) is 33.6 Å². The van der Waals surface area contributed by atoms with Crippen LogP contribution >= 0.6 is 0 Å². The molecule has 6 nitrogen and oxygen atoms in total. The average Bonchev–Trinajstić information content (AvgIpc) is 2.19. The van der Waals surface area contributed by atoms with Gasteiger partial charge in [0.2, 0.25) is 11.6 Å². The lowest BCUT2D eigenvalue weighted by atomic mass is 9.80. The lowest BCUT2D eigenvalue weighted by molar-refractivity contribution is 0.571. The summed E-state index contributed by atoms with van der Waals surface area (Å²) >= 11 is 0. The van der Waals surface area contributed by atoms with E-state index in [1.54, 1.807) is 0 Å². The first-order chi connectivity index (χ1) is 36.2. The minimum atomic E-state index is -0.175. The minimum Gasteiger partial charge on any atom is -0.276 e. The zero-order valence-corrected chi connectivity index (χ0v) is 50.8. The molecule has 0 fully saturated rings. The van der Waals surface area contributed by atoms with Gasteiger partial charge in [-0.05, 0) is 163 Å². The normalized spacial score (nSPS) is 14.0. The van der Waals surface area contributed by atoms with E-state index >= 15 is 0 Å². The van der Waals surface area contributed by atoms with E-state index in [4.69, 9.17) is 9.97 Å². The van der Waals surface area contributed by atoms with Crippen LogP contribution in [0.25, 0.3) is 111 Å². The number of aromatic nitrogens is 6. The molecule has 0 aliphatic heterocycles. The van der Waals surface area contributed by atoms with Crippen LogP contribution in [0.2, 0.25) is 0 Å². The van der Waals surface area contributed by atoms with E-state index in [0.29, 0.717) is 0 Å². The maximum atomic E-state index is 6.04. The second kappa shape index (κ2) is 15.5. The van der Waals surface area contributed by atoms with Crippen LogP contribution < -0.4 is 0 Å². The van der Waals surface area contributed by atoms with Crippen LogP contribution in [0.1, 0.15) is 180 Å². The molecule has 0 bridgehead atoms. The number of hydrogen-bond donors (Lipinski definition) is 0. The molecule has 0 saturated carbocycles. The molecule has 0 N–H and O–H groups in total. The summed E-state index contributed by atoms with van der Waals surface area (Å²) in [6.07, 6.45) is 0. The van der Waals surface area contributed by atoms with Crippen LogP contribution in [0.5, 0.6) is 0 Å². The first-order valence-corrected chi connectivity index (χ1v) is 28.7. The third-order valence-electron chi connectivity index (χ3n) is 18.0. The van der Waals surface area contributed by atoms with E-state index in [-0.39, 0.29) is 32.5 Å². The Balaban J connectivity index is 1.46. The summed E-state index contributed by atoms with van der Waals surface area (Å²) in [6, 6.07) is 33.6. The minimum absolute atomic E-state index is 0.109. The van der Waals surface area contributed by atoms with E-state index in [1.807, 2.05) is 0 Å². The second-order valence-electron chi connectivity index (χ2n) is 30.0. The lowest BCUT2D eigenvalue weighted by Gasteiger charge is -2.25. The molecule has 7 aromatic carbocycles. The SMILES string of the molecule is Cc1cccc(C)c1-c1cc(C(C)(C)C)cc2c3c4c5c(c6cc(C(C)(C)C)cc(-c7c(C)cccc7C)c6n5c5nc6c(C(C)(C)C)cc(C(C)(C)C)cc6n45)c4c3n(c12)c1nc2c(C(C)(C)C)cc(C(C)(C)C)cc2n41. The lowest BCUT2D eigenvalue weighted by Crippen LogP contribution is -2.17. The van der Waals surface area contributed by atoms with Gasteiger partial charge in [-0.2, -0.15) is 0 Å². The third kappa shape index (κ3) is 6.79. The van der Waals surface area contributed by atoms with Gasteiger partial charge in [0.05, 0.1) is 55.2 Å². The summed E-state index contributed by atoms with van der Waals surface area (Å²) < 4.78 is 10.4. The van der Waals surface area contributed by atoms with E-state index in [2.05, 4.69) is 255 Å². The Morgan fingerprint density at radius 1 is 0.321 bits per heavy atom. The number of rotatable bonds is 2. The van der Waals surface area contributed by atoms with Crippen LogP contribution in [0.3, 0.4) is 0 Å². The molecular formula is C72H80N6. The van der Waals surface area contributed by atoms with Crippen molar-refractivity contribution in [3.8, 4) is 22.3 Å². The molecule has 6 aromatic heterocycles.